The maximum atomic E-state index is 12.4. The highest BCUT2D eigenvalue weighted by Gasteiger charge is 2.16. The van der Waals surface area contributed by atoms with Crippen LogP contribution in [-0.2, 0) is 0 Å². The standard InChI is InChI=1S/C17H23N3O2/c1-5-6-11-19(3)17(21)16-12-13(2)20(18-16)14-7-9-15(22-4)10-8-14/h7-10,12H,5-6,11H2,1-4H3. The molecule has 0 N–H and O–H groups in total. The lowest BCUT2D eigenvalue weighted by Gasteiger charge is -2.14. The fraction of sp³-hybridized carbons (Fsp3) is 0.412. The molecule has 5 nitrogen and oxygen atoms in total. The summed E-state index contributed by atoms with van der Waals surface area (Å²) in [4.78, 5) is 14.1. The Morgan fingerprint density at radius 2 is 2.00 bits per heavy atom. The van der Waals surface area contributed by atoms with Gasteiger partial charge in [-0.05, 0) is 43.7 Å². The Morgan fingerprint density at radius 1 is 1.32 bits per heavy atom. The molecule has 0 fully saturated rings. The number of carbonyl (C=O) groups excluding carboxylic acids is 1. The number of hydrogen-bond donors (Lipinski definition) is 0. The number of carbonyl (C=O) groups is 1. The number of aromatic nitrogens is 2. The predicted octanol–water partition coefficient (Wildman–Crippen LogP) is 3.06. The Morgan fingerprint density at radius 3 is 2.59 bits per heavy atom. The summed E-state index contributed by atoms with van der Waals surface area (Å²) >= 11 is 0. The Kier molecular flexibility index (Phi) is 5.20. The number of rotatable bonds is 6. The van der Waals surface area contributed by atoms with Gasteiger partial charge < -0.3 is 9.64 Å². The molecule has 0 aliphatic rings. The second-order valence-corrected chi connectivity index (χ2v) is 5.36. The first-order valence-electron chi connectivity index (χ1n) is 7.53. The van der Waals surface area contributed by atoms with E-state index in [-0.39, 0.29) is 5.91 Å². The number of amides is 1. The Balaban J connectivity index is 2.21. The summed E-state index contributed by atoms with van der Waals surface area (Å²) in [6.07, 6.45) is 2.07. The van der Waals surface area contributed by atoms with Crippen LogP contribution in [0.4, 0.5) is 0 Å². The molecule has 2 rings (SSSR count). The van der Waals surface area contributed by atoms with Crippen molar-refractivity contribution < 1.29 is 9.53 Å². The first-order valence-corrected chi connectivity index (χ1v) is 7.53. The second-order valence-electron chi connectivity index (χ2n) is 5.36. The van der Waals surface area contributed by atoms with E-state index < -0.39 is 0 Å². The highest BCUT2D eigenvalue weighted by atomic mass is 16.5. The number of ether oxygens (including phenoxy) is 1. The summed E-state index contributed by atoms with van der Waals surface area (Å²) in [5, 5.41) is 4.45. The molecule has 2 aromatic rings. The molecule has 5 heteroatoms. The molecular formula is C17H23N3O2. The van der Waals surface area contributed by atoms with Crippen molar-refractivity contribution in [3.05, 3.63) is 41.7 Å². The zero-order valence-corrected chi connectivity index (χ0v) is 13.7. The van der Waals surface area contributed by atoms with E-state index in [1.165, 1.54) is 0 Å². The van der Waals surface area contributed by atoms with Crippen LogP contribution in [0.1, 0.15) is 35.9 Å². The molecule has 0 atom stereocenters. The first-order chi connectivity index (χ1) is 10.6. The number of methoxy groups -OCH3 is 1. The molecule has 0 unspecified atom stereocenters. The summed E-state index contributed by atoms with van der Waals surface area (Å²) in [7, 11) is 3.46. The van der Waals surface area contributed by atoms with Crippen molar-refractivity contribution in [3.8, 4) is 11.4 Å². The summed E-state index contributed by atoms with van der Waals surface area (Å²) in [5.74, 6) is 0.757. The van der Waals surface area contributed by atoms with E-state index in [1.54, 1.807) is 16.7 Å². The van der Waals surface area contributed by atoms with Gasteiger partial charge in [-0.1, -0.05) is 13.3 Å². The molecule has 1 aromatic carbocycles. The summed E-state index contributed by atoms with van der Waals surface area (Å²) < 4.78 is 6.94. The topological polar surface area (TPSA) is 47.4 Å². The van der Waals surface area contributed by atoms with Crippen LogP contribution in [0.5, 0.6) is 5.75 Å². The van der Waals surface area contributed by atoms with Gasteiger partial charge in [-0.25, -0.2) is 4.68 Å². The molecule has 0 radical (unpaired) electrons. The maximum Gasteiger partial charge on any atom is 0.274 e. The van der Waals surface area contributed by atoms with Gasteiger partial charge in [0.1, 0.15) is 5.75 Å². The lowest BCUT2D eigenvalue weighted by atomic mass is 10.3. The fourth-order valence-electron chi connectivity index (χ4n) is 2.26. The molecule has 22 heavy (non-hydrogen) atoms. The van der Waals surface area contributed by atoms with Crippen molar-refractivity contribution in [2.24, 2.45) is 0 Å². The number of unbranched alkanes of at least 4 members (excludes halogenated alkanes) is 1. The van der Waals surface area contributed by atoms with Crippen LogP contribution in [0.3, 0.4) is 0 Å². The van der Waals surface area contributed by atoms with Gasteiger partial charge in [-0.15, -0.1) is 0 Å². The van der Waals surface area contributed by atoms with E-state index >= 15 is 0 Å². The van der Waals surface area contributed by atoms with Gasteiger partial charge in [0.15, 0.2) is 5.69 Å². The predicted molar refractivity (Wildman–Crippen MR) is 86.7 cm³/mol. The van der Waals surface area contributed by atoms with Gasteiger partial charge in [0.25, 0.3) is 5.91 Å². The molecule has 0 aliphatic heterocycles. The quantitative estimate of drug-likeness (QED) is 0.824. The molecule has 0 bridgehead atoms. The van der Waals surface area contributed by atoms with Crippen molar-refractivity contribution in [2.75, 3.05) is 20.7 Å². The summed E-state index contributed by atoms with van der Waals surface area (Å²) in [5.41, 5.74) is 2.32. The average molecular weight is 301 g/mol. The van der Waals surface area contributed by atoms with E-state index in [2.05, 4.69) is 12.0 Å². The summed E-state index contributed by atoms with van der Waals surface area (Å²) in [6, 6.07) is 9.44. The van der Waals surface area contributed by atoms with Gasteiger partial charge in [0, 0.05) is 19.3 Å². The van der Waals surface area contributed by atoms with E-state index in [0.717, 1.165) is 36.5 Å². The summed E-state index contributed by atoms with van der Waals surface area (Å²) in [6.45, 7) is 4.81. The minimum absolute atomic E-state index is 0.0381. The van der Waals surface area contributed by atoms with E-state index in [4.69, 9.17) is 4.74 Å². The van der Waals surface area contributed by atoms with E-state index in [9.17, 15) is 4.79 Å². The van der Waals surface area contributed by atoms with E-state index in [1.807, 2.05) is 44.3 Å². The van der Waals surface area contributed by atoms with Crippen molar-refractivity contribution in [1.29, 1.82) is 0 Å². The van der Waals surface area contributed by atoms with Crippen molar-refractivity contribution in [2.45, 2.75) is 26.7 Å². The highest BCUT2D eigenvalue weighted by Crippen LogP contribution is 2.17. The van der Waals surface area contributed by atoms with Crippen LogP contribution >= 0.6 is 0 Å². The molecular weight excluding hydrogens is 278 g/mol. The Labute approximate surface area is 131 Å². The third-order valence-electron chi connectivity index (χ3n) is 3.62. The van der Waals surface area contributed by atoms with Crippen molar-refractivity contribution in [3.63, 3.8) is 0 Å². The van der Waals surface area contributed by atoms with Crippen LogP contribution in [0, 0.1) is 6.92 Å². The van der Waals surface area contributed by atoms with Crippen molar-refractivity contribution in [1.82, 2.24) is 14.7 Å². The fourth-order valence-corrected chi connectivity index (χ4v) is 2.26. The SMILES string of the molecule is CCCCN(C)C(=O)c1cc(C)n(-c2ccc(OC)cc2)n1. The number of benzene rings is 1. The molecule has 1 heterocycles. The van der Waals surface area contributed by atoms with Crippen LogP contribution in [0.2, 0.25) is 0 Å². The monoisotopic (exact) mass is 301 g/mol. The van der Waals surface area contributed by atoms with Gasteiger partial charge in [-0.3, -0.25) is 4.79 Å². The average Bonchev–Trinajstić information content (AvgIpc) is 2.93. The van der Waals surface area contributed by atoms with Gasteiger partial charge >= 0.3 is 0 Å². The molecule has 0 saturated carbocycles. The zero-order valence-electron chi connectivity index (χ0n) is 13.7. The maximum absolute atomic E-state index is 12.4. The first kappa shape index (κ1) is 16.1. The number of aryl methyl sites for hydroxylation is 1. The minimum Gasteiger partial charge on any atom is -0.497 e. The smallest absolute Gasteiger partial charge is 0.274 e. The molecule has 0 saturated heterocycles. The second kappa shape index (κ2) is 7.11. The van der Waals surface area contributed by atoms with Crippen molar-refractivity contribution >= 4 is 5.91 Å². The minimum atomic E-state index is -0.0381. The normalized spacial score (nSPS) is 10.5. The van der Waals surface area contributed by atoms with Crippen LogP contribution in [0.25, 0.3) is 5.69 Å². The lowest BCUT2D eigenvalue weighted by Crippen LogP contribution is -2.28. The number of nitrogens with zero attached hydrogens (tertiary/aromatic N) is 3. The highest BCUT2D eigenvalue weighted by molar-refractivity contribution is 5.92. The number of hydrogen-bond acceptors (Lipinski definition) is 3. The largest absolute Gasteiger partial charge is 0.497 e. The Bertz CT molecular complexity index is 632. The molecule has 118 valence electrons. The zero-order chi connectivity index (χ0) is 16.1. The third kappa shape index (κ3) is 3.47. The lowest BCUT2D eigenvalue weighted by molar-refractivity contribution is 0.0787. The molecule has 1 amide bonds. The molecule has 0 spiro atoms. The van der Waals surface area contributed by atoms with Crippen LogP contribution in [-0.4, -0.2) is 41.3 Å². The molecule has 0 aliphatic carbocycles. The van der Waals surface area contributed by atoms with Gasteiger partial charge in [0.2, 0.25) is 0 Å². The third-order valence-corrected chi connectivity index (χ3v) is 3.62. The van der Waals surface area contributed by atoms with Crippen LogP contribution < -0.4 is 4.74 Å². The van der Waals surface area contributed by atoms with E-state index in [0.29, 0.717) is 5.69 Å². The van der Waals surface area contributed by atoms with Gasteiger partial charge in [-0.2, -0.15) is 5.10 Å². The Hall–Kier alpha value is -2.30. The van der Waals surface area contributed by atoms with Gasteiger partial charge in [0.05, 0.1) is 12.8 Å². The molecule has 1 aromatic heterocycles. The van der Waals surface area contributed by atoms with Crippen LogP contribution in [0.15, 0.2) is 30.3 Å².